The summed E-state index contributed by atoms with van der Waals surface area (Å²) in [4.78, 5) is 4.33. The number of halogens is 1. The molecule has 0 aromatic heterocycles. The minimum atomic E-state index is -0.230. The van der Waals surface area contributed by atoms with Crippen molar-refractivity contribution in [1.29, 1.82) is 0 Å². The lowest BCUT2D eigenvalue weighted by Gasteiger charge is -2.06. The quantitative estimate of drug-likeness (QED) is 0.444. The van der Waals surface area contributed by atoms with E-state index in [0.29, 0.717) is 12.1 Å². The van der Waals surface area contributed by atoms with Crippen LogP contribution >= 0.6 is 0 Å². The Balaban J connectivity index is 5.13. The van der Waals surface area contributed by atoms with Crippen molar-refractivity contribution in [2.24, 2.45) is 10.9 Å². The maximum atomic E-state index is 13.9. The van der Waals surface area contributed by atoms with Gasteiger partial charge in [-0.2, -0.15) is 0 Å². The van der Waals surface area contributed by atoms with Gasteiger partial charge >= 0.3 is 0 Å². The van der Waals surface area contributed by atoms with Crippen molar-refractivity contribution in [1.82, 2.24) is 0 Å². The molecule has 0 rings (SSSR count). The van der Waals surface area contributed by atoms with E-state index < -0.39 is 0 Å². The lowest BCUT2D eigenvalue weighted by Crippen LogP contribution is -2.02. The zero-order valence-electron chi connectivity index (χ0n) is 11.7. The minimum Gasteiger partial charge on any atom is -0.255 e. The summed E-state index contributed by atoms with van der Waals surface area (Å²) < 4.78 is 13.9. The van der Waals surface area contributed by atoms with Gasteiger partial charge in [-0.05, 0) is 32.3 Å². The smallest absolute Gasteiger partial charge is 0.141 e. The topological polar surface area (TPSA) is 12.4 Å². The van der Waals surface area contributed by atoms with Crippen molar-refractivity contribution in [2.45, 2.75) is 47.5 Å². The number of hydrogen-bond donors (Lipinski definition) is 0. The monoisotopic (exact) mass is 237 g/mol. The van der Waals surface area contributed by atoms with E-state index in [1.807, 2.05) is 40.7 Å². The summed E-state index contributed by atoms with van der Waals surface area (Å²) in [5, 5.41) is 0. The maximum Gasteiger partial charge on any atom is 0.141 e. The molecule has 0 unspecified atom stereocenters. The average Bonchev–Trinajstić information content (AvgIpc) is 2.15. The van der Waals surface area contributed by atoms with Gasteiger partial charge < -0.3 is 0 Å². The molecule has 0 spiro atoms. The molecule has 96 valence electrons. The summed E-state index contributed by atoms with van der Waals surface area (Å²) in [6, 6.07) is 0. The number of aliphatic imine (C=N–C) groups is 1. The fourth-order valence-electron chi connectivity index (χ4n) is 1.41. The Kier molecular flexibility index (Phi) is 7.44. The minimum absolute atomic E-state index is 0.181. The third kappa shape index (κ3) is 7.67. The van der Waals surface area contributed by atoms with Gasteiger partial charge in [0, 0.05) is 12.1 Å². The van der Waals surface area contributed by atoms with Gasteiger partial charge in [0.2, 0.25) is 0 Å². The molecule has 0 aromatic rings. The van der Waals surface area contributed by atoms with Crippen molar-refractivity contribution in [3.63, 3.8) is 0 Å². The van der Waals surface area contributed by atoms with Crippen LogP contribution in [0.1, 0.15) is 47.5 Å². The Bertz CT molecular complexity index is 346. The molecule has 0 amide bonds. The highest BCUT2D eigenvalue weighted by atomic mass is 19.1. The summed E-state index contributed by atoms with van der Waals surface area (Å²) in [6.07, 6.45) is 4.98. The summed E-state index contributed by atoms with van der Waals surface area (Å²) in [5.41, 5.74) is 2.25. The molecule has 0 aliphatic heterocycles. The van der Waals surface area contributed by atoms with Crippen molar-refractivity contribution in [3.05, 3.63) is 35.8 Å². The molecule has 0 bridgehead atoms. The van der Waals surface area contributed by atoms with Gasteiger partial charge in [-0.3, -0.25) is 4.99 Å². The second kappa shape index (κ2) is 7.99. The Hall–Kier alpha value is -1.18. The number of nitrogens with zero attached hydrogens (tertiary/aromatic N) is 1. The van der Waals surface area contributed by atoms with Crippen LogP contribution in [0.5, 0.6) is 0 Å². The Morgan fingerprint density at radius 1 is 1.35 bits per heavy atom. The van der Waals surface area contributed by atoms with Gasteiger partial charge in [-0.25, -0.2) is 4.39 Å². The molecule has 0 saturated carbocycles. The highest BCUT2D eigenvalue weighted by Crippen LogP contribution is 2.14. The Morgan fingerprint density at radius 2 is 1.94 bits per heavy atom. The molecule has 1 nitrogen and oxygen atoms in total. The molecule has 0 saturated heterocycles. The number of hydrogen-bond acceptors (Lipinski definition) is 1. The van der Waals surface area contributed by atoms with Crippen molar-refractivity contribution >= 4 is 5.71 Å². The molecule has 0 N–H and O–H groups in total. The number of rotatable bonds is 6. The van der Waals surface area contributed by atoms with Crippen LogP contribution in [0.25, 0.3) is 0 Å². The molecule has 2 heteroatoms. The van der Waals surface area contributed by atoms with Crippen molar-refractivity contribution in [2.75, 3.05) is 0 Å². The van der Waals surface area contributed by atoms with E-state index in [0.717, 1.165) is 17.7 Å². The van der Waals surface area contributed by atoms with Crippen LogP contribution in [0.4, 0.5) is 4.39 Å². The standard InChI is InChI=1S/C15H24FN/c1-7-8-13(6)17-15(10-12(4)5)14(16)9-11(2)3/h8-9,11H,4,7,10H2,1-3,5-6H3/b13-8-,14-9-,17-15-. The SMILES string of the molecule is C=C(C)CC(=N/C(C)=C\CC)/C(F)=C/C(C)C. The third-order valence-corrected chi connectivity index (χ3v) is 2.04. The molecule has 0 atom stereocenters. The maximum absolute atomic E-state index is 13.9. The van der Waals surface area contributed by atoms with Crippen LogP contribution in [0.3, 0.4) is 0 Å². The average molecular weight is 237 g/mol. The van der Waals surface area contributed by atoms with Crippen molar-refractivity contribution in [3.8, 4) is 0 Å². The summed E-state index contributed by atoms with van der Waals surface area (Å²) in [6.45, 7) is 13.5. The van der Waals surface area contributed by atoms with E-state index in [4.69, 9.17) is 0 Å². The summed E-state index contributed by atoms with van der Waals surface area (Å²) in [5.74, 6) is -0.0485. The molecule has 0 fully saturated rings. The van der Waals surface area contributed by atoms with Crippen LogP contribution < -0.4 is 0 Å². The first kappa shape index (κ1) is 15.8. The van der Waals surface area contributed by atoms with E-state index >= 15 is 0 Å². The first-order valence-corrected chi connectivity index (χ1v) is 6.13. The largest absolute Gasteiger partial charge is 0.255 e. The van der Waals surface area contributed by atoms with Crippen molar-refractivity contribution < 1.29 is 4.39 Å². The molecule has 0 heterocycles. The summed E-state index contributed by atoms with van der Waals surface area (Å²) in [7, 11) is 0. The zero-order valence-corrected chi connectivity index (χ0v) is 11.7. The first-order chi connectivity index (χ1) is 7.86. The second-order valence-corrected chi connectivity index (χ2v) is 4.70. The van der Waals surface area contributed by atoms with Crippen LogP contribution in [0, 0.1) is 5.92 Å². The second-order valence-electron chi connectivity index (χ2n) is 4.70. The molecular formula is C15H24FN. The molecular weight excluding hydrogens is 213 g/mol. The van der Waals surface area contributed by atoms with Crippen LogP contribution in [-0.2, 0) is 0 Å². The first-order valence-electron chi connectivity index (χ1n) is 6.13. The van der Waals surface area contributed by atoms with E-state index in [1.165, 1.54) is 0 Å². The highest BCUT2D eigenvalue weighted by Gasteiger charge is 2.08. The van der Waals surface area contributed by atoms with Crippen LogP contribution in [0.15, 0.2) is 40.8 Å². The third-order valence-electron chi connectivity index (χ3n) is 2.04. The van der Waals surface area contributed by atoms with Gasteiger partial charge in [-0.1, -0.05) is 39.0 Å². The van der Waals surface area contributed by atoms with Gasteiger partial charge in [0.25, 0.3) is 0 Å². The normalized spacial score (nSPS) is 14.4. The predicted molar refractivity (Wildman–Crippen MR) is 74.9 cm³/mol. The van der Waals surface area contributed by atoms with E-state index in [9.17, 15) is 4.39 Å². The van der Waals surface area contributed by atoms with E-state index in [1.54, 1.807) is 6.08 Å². The predicted octanol–water partition coefficient (Wildman–Crippen LogP) is 5.22. The molecule has 0 radical (unpaired) electrons. The number of allylic oxidation sites excluding steroid dienone is 5. The highest BCUT2D eigenvalue weighted by molar-refractivity contribution is 6.00. The molecule has 0 aliphatic carbocycles. The Morgan fingerprint density at radius 3 is 2.35 bits per heavy atom. The fraction of sp³-hybridized carbons (Fsp3) is 0.533. The van der Waals surface area contributed by atoms with Gasteiger partial charge in [0.15, 0.2) is 0 Å². The van der Waals surface area contributed by atoms with E-state index in [2.05, 4.69) is 11.6 Å². The lowest BCUT2D eigenvalue weighted by atomic mass is 10.1. The van der Waals surface area contributed by atoms with Gasteiger partial charge in [0.05, 0.1) is 5.71 Å². The van der Waals surface area contributed by atoms with Crippen LogP contribution in [0.2, 0.25) is 0 Å². The van der Waals surface area contributed by atoms with Gasteiger partial charge in [0.1, 0.15) is 5.83 Å². The van der Waals surface area contributed by atoms with Crippen LogP contribution in [-0.4, -0.2) is 5.71 Å². The zero-order chi connectivity index (χ0) is 13.4. The molecule has 0 aliphatic rings. The lowest BCUT2D eigenvalue weighted by molar-refractivity contribution is 0.654. The summed E-state index contributed by atoms with van der Waals surface area (Å²) >= 11 is 0. The molecule has 17 heavy (non-hydrogen) atoms. The Labute approximate surface area is 105 Å². The molecule has 0 aromatic carbocycles. The fourth-order valence-corrected chi connectivity index (χ4v) is 1.41. The van der Waals surface area contributed by atoms with E-state index in [-0.39, 0.29) is 11.7 Å². The van der Waals surface area contributed by atoms with Gasteiger partial charge in [-0.15, -0.1) is 0 Å².